The molecule has 0 unspecified atom stereocenters. The Hall–Kier alpha value is -2.54. The fraction of sp³-hybridized carbons (Fsp3) is 0.350. The van der Waals surface area contributed by atoms with Gasteiger partial charge in [0.2, 0.25) is 0 Å². The molecule has 0 aromatic heterocycles. The van der Waals surface area contributed by atoms with E-state index in [1.807, 2.05) is 32.9 Å². The number of nitrogens with zero attached hydrogens (tertiary/aromatic N) is 1. The van der Waals surface area contributed by atoms with Gasteiger partial charge in [0.15, 0.2) is 0 Å². The van der Waals surface area contributed by atoms with E-state index >= 15 is 0 Å². The summed E-state index contributed by atoms with van der Waals surface area (Å²) >= 11 is 0. The highest BCUT2D eigenvalue weighted by atomic mass is 32.2. The van der Waals surface area contributed by atoms with Crippen molar-refractivity contribution in [3.8, 4) is 5.75 Å². The summed E-state index contributed by atoms with van der Waals surface area (Å²) in [6.07, 6.45) is 0. The number of carbonyl (C=O) groups is 1. The van der Waals surface area contributed by atoms with Crippen molar-refractivity contribution in [1.29, 1.82) is 0 Å². The van der Waals surface area contributed by atoms with Crippen molar-refractivity contribution in [3.05, 3.63) is 53.6 Å². The number of carbonyl (C=O) groups excluding carboxylic acids is 1. The summed E-state index contributed by atoms with van der Waals surface area (Å²) in [5.41, 5.74) is 2.21. The van der Waals surface area contributed by atoms with Crippen LogP contribution in [0.5, 0.6) is 5.75 Å². The molecule has 6 nitrogen and oxygen atoms in total. The maximum absolute atomic E-state index is 13.3. The first-order valence-corrected chi connectivity index (χ1v) is 10.2. The van der Waals surface area contributed by atoms with Gasteiger partial charge in [-0.25, -0.2) is 8.42 Å². The zero-order valence-electron chi connectivity index (χ0n) is 16.1. The van der Waals surface area contributed by atoms with Gasteiger partial charge in [-0.3, -0.25) is 9.10 Å². The molecule has 0 amide bonds. The second-order valence-electron chi connectivity index (χ2n) is 6.01. The van der Waals surface area contributed by atoms with E-state index in [4.69, 9.17) is 9.47 Å². The van der Waals surface area contributed by atoms with Crippen molar-refractivity contribution in [2.45, 2.75) is 32.6 Å². The van der Waals surface area contributed by atoms with Gasteiger partial charge in [0.05, 0.1) is 23.8 Å². The van der Waals surface area contributed by atoms with Crippen molar-refractivity contribution >= 4 is 21.7 Å². The predicted molar refractivity (Wildman–Crippen MR) is 105 cm³/mol. The molecule has 0 heterocycles. The SMILES string of the molecule is CCOC(=O)CN(c1ccc(C)cc1C)S(=O)(=O)c1ccc(OCC)cc1. The predicted octanol–water partition coefficient (Wildman–Crippen LogP) is 3.46. The number of hydrogen-bond acceptors (Lipinski definition) is 5. The summed E-state index contributed by atoms with van der Waals surface area (Å²) in [7, 11) is -3.96. The highest BCUT2D eigenvalue weighted by Crippen LogP contribution is 2.28. The van der Waals surface area contributed by atoms with E-state index in [1.165, 1.54) is 12.1 Å². The number of anilines is 1. The molecule has 0 N–H and O–H groups in total. The molecule has 2 aromatic carbocycles. The molecular weight excluding hydrogens is 366 g/mol. The Morgan fingerprint density at radius 1 is 1.00 bits per heavy atom. The van der Waals surface area contributed by atoms with Gasteiger partial charge in [0.1, 0.15) is 12.3 Å². The van der Waals surface area contributed by atoms with Crippen LogP contribution in [0, 0.1) is 13.8 Å². The topological polar surface area (TPSA) is 72.9 Å². The molecule has 0 saturated heterocycles. The average molecular weight is 391 g/mol. The van der Waals surface area contributed by atoms with Crippen LogP contribution in [0.25, 0.3) is 0 Å². The first-order valence-electron chi connectivity index (χ1n) is 8.78. The van der Waals surface area contributed by atoms with Crippen molar-refractivity contribution < 1.29 is 22.7 Å². The molecule has 7 heteroatoms. The second-order valence-corrected chi connectivity index (χ2v) is 7.87. The zero-order chi connectivity index (χ0) is 20.0. The van der Waals surface area contributed by atoms with Crippen molar-refractivity contribution in [3.63, 3.8) is 0 Å². The summed E-state index contributed by atoms with van der Waals surface area (Å²) < 4.78 is 37.9. The van der Waals surface area contributed by atoms with Gasteiger partial charge in [-0.1, -0.05) is 17.7 Å². The molecule has 2 rings (SSSR count). The standard InChI is InChI=1S/C20H25NO5S/c1-5-25-17-8-10-18(11-9-17)27(23,24)21(14-20(22)26-6-2)19-12-7-15(3)13-16(19)4/h7-13H,5-6,14H2,1-4H3. The third-order valence-electron chi connectivity index (χ3n) is 3.92. The summed E-state index contributed by atoms with van der Waals surface area (Å²) in [5.74, 6) is -0.0214. The Balaban J connectivity index is 2.48. The number of benzene rings is 2. The molecule has 27 heavy (non-hydrogen) atoms. The number of aryl methyl sites for hydroxylation is 2. The maximum Gasteiger partial charge on any atom is 0.326 e. The molecule has 0 aliphatic heterocycles. The van der Waals surface area contributed by atoms with Gasteiger partial charge in [-0.05, 0) is 63.6 Å². The zero-order valence-corrected chi connectivity index (χ0v) is 16.9. The maximum atomic E-state index is 13.3. The molecule has 0 saturated carbocycles. The van der Waals surface area contributed by atoms with E-state index in [1.54, 1.807) is 25.1 Å². The molecular formula is C20H25NO5S. The van der Waals surface area contributed by atoms with E-state index in [0.29, 0.717) is 18.0 Å². The van der Waals surface area contributed by atoms with Gasteiger partial charge < -0.3 is 9.47 Å². The monoisotopic (exact) mass is 391 g/mol. The van der Waals surface area contributed by atoms with Gasteiger partial charge in [0, 0.05) is 0 Å². The van der Waals surface area contributed by atoms with E-state index < -0.39 is 22.5 Å². The van der Waals surface area contributed by atoms with Crippen LogP contribution in [0.1, 0.15) is 25.0 Å². The minimum absolute atomic E-state index is 0.0789. The third-order valence-corrected chi connectivity index (χ3v) is 5.70. The van der Waals surface area contributed by atoms with Crippen molar-refractivity contribution in [2.75, 3.05) is 24.1 Å². The minimum atomic E-state index is -3.96. The Kier molecular flexibility index (Phi) is 6.85. The molecule has 0 aliphatic rings. The molecule has 0 bridgehead atoms. The van der Waals surface area contributed by atoms with Crippen LogP contribution in [0.15, 0.2) is 47.4 Å². The summed E-state index contributed by atoms with van der Waals surface area (Å²) in [6.45, 7) is 7.55. The quantitative estimate of drug-likeness (QED) is 0.645. The number of hydrogen-bond donors (Lipinski definition) is 0. The van der Waals surface area contributed by atoms with Crippen LogP contribution in [0.4, 0.5) is 5.69 Å². The Labute approximate surface area is 160 Å². The lowest BCUT2D eigenvalue weighted by Crippen LogP contribution is -2.37. The fourth-order valence-electron chi connectivity index (χ4n) is 2.71. The Bertz CT molecular complexity index is 891. The first kappa shape index (κ1) is 20.8. The van der Waals surface area contributed by atoms with Gasteiger partial charge in [0.25, 0.3) is 10.0 Å². The van der Waals surface area contributed by atoms with Crippen molar-refractivity contribution in [2.24, 2.45) is 0 Å². The highest BCUT2D eigenvalue weighted by Gasteiger charge is 2.28. The molecule has 146 valence electrons. The number of esters is 1. The third kappa shape index (κ3) is 5.01. The van der Waals surface area contributed by atoms with Gasteiger partial charge in [-0.15, -0.1) is 0 Å². The highest BCUT2D eigenvalue weighted by molar-refractivity contribution is 7.92. The molecule has 0 radical (unpaired) electrons. The van der Waals surface area contributed by atoms with Crippen LogP contribution in [0.3, 0.4) is 0 Å². The smallest absolute Gasteiger partial charge is 0.326 e. The Morgan fingerprint density at radius 2 is 1.67 bits per heavy atom. The van der Waals surface area contributed by atoms with Crippen LogP contribution in [0.2, 0.25) is 0 Å². The van der Waals surface area contributed by atoms with Crippen LogP contribution < -0.4 is 9.04 Å². The lowest BCUT2D eigenvalue weighted by Gasteiger charge is -2.25. The molecule has 0 aliphatic carbocycles. The average Bonchev–Trinajstić information content (AvgIpc) is 2.61. The van der Waals surface area contributed by atoms with Gasteiger partial charge in [-0.2, -0.15) is 0 Å². The summed E-state index contributed by atoms with van der Waals surface area (Å²) in [4.78, 5) is 12.2. The number of sulfonamides is 1. The van der Waals surface area contributed by atoms with Crippen molar-refractivity contribution in [1.82, 2.24) is 0 Å². The minimum Gasteiger partial charge on any atom is -0.494 e. The van der Waals surface area contributed by atoms with Crippen LogP contribution in [-0.4, -0.2) is 34.1 Å². The summed E-state index contributed by atoms with van der Waals surface area (Å²) in [5, 5.41) is 0. The molecule has 0 spiro atoms. The fourth-order valence-corrected chi connectivity index (χ4v) is 4.18. The molecule has 0 atom stereocenters. The van der Waals surface area contributed by atoms with E-state index in [0.717, 1.165) is 15.4 Å². The second kappa shape index (κ2) is 8.90. The van der Waals surface area contributed by atoms with E-state index in [-0.39, 0.29) is 11.5 Å². The van der Waals surface area contributed by atoms with E-state index in [2.05, 4.69) is 0 Å². The normalized spacial score (nSPS) is 11.1. The number of ether oxygens (including phenoxy) is 2. The first-order chi connectivity index (χ1) is 12.8. The molecule has 0 fully saturated rings. The summed E-state index contributed by atoms with van der Waals surface area (Å²) in [6, 6.07) is 11.5. The lowest BCUT2D eigenvalue weighted by atomic mass is 10.1. The van der Waals surface area contributed by atoms with Crippen LogP contribution >= 0.6 is 0 Å². The Morgan fingerprint density at radius 3 is 2.22 bits per heavy atom. The molecule has 2 aromatic rings. The number of rotatable bonds is 8. The lowest BCUT2D eigenvalue weighted by molar-refractivity contribution is -0.141. The van der Waals surface area contributed by atoms with E-state index in [9.17, 15) is 13.2 Å². The van der Waals surface area contributed by atoms with Crippen LogP contribution in [-0.2, 0) is 19.6 Å². The largest absolute Gasteiger partial charge is 0.494 e. The van der Waals surface area contributed by atoms with Gasteiger partial charge >= 0.3 is 5.97 Å².